The lowest BCUT2D eigenvalue weighted by molar-refractivity contribution is 0.288. The number of aliphatic hydroxyl groups is 1. The number of aliphatic hydroxyl groups excluding tert-OH is 1. The van der Waals surface area contributed by atoms with E-state index in [4.69, 9.17) is 16.7 Å². The summed E-state index contributed by atoms with van der Waals surface area (Å²) in [7, 11) is -3.36. The fourth-order valence-electron chi connectivity index (χ4n) is 1.99. The smallest absolute Gasteiger partial charge is 0.177 e. The lowest BCUT2D eigenvalue weighted by atomic mass is 10.1. The van der Waals surface area contributed by atoms with E-state index in [0.717, 1.165) is 27.4 Å². The maximum Gasteiger partial charge on any atom is 0.177 e. The molecule has 0 unspecified atom stereocenters. The summed E-state index contributed by atoms with van der Waals surface area (Å²) in [6.45, 7) is 2.02. The van der Waals surface area contributed by atoms with Crippen LogP contribution in [0.15, 0.2) is 23.1 Å². The molecule has 2 aromatic rings. The molecule has 0 aliphatic heterocycles. The molecule has 0 saturated carbocycles. The van der Waals surface area contributed by atoms with Crippen molar-refractivity contribution in [3.05, 3.63) is 33.9 Å². The second-order valence-corrected chi connectivity index (χ2v) is 8.24. The monoisotopic (exact) mass is 345 g/mol. The van der Waals surface area contributed by atoms with Crippen LogP contribution in [0, 0.1) is 6.92 Å². The average molecular weight is 346 g/mol. The van der Waals surface area contributed by atoms with E-state index in [1.54, 1.807) is 18.2 Å². The minimum absolute atomic E-state index is 0.131. The van der Waals surface area contributed by atoms with Gasteiger partial charge in [0.25, 0.3) is 0 Å². The van der Waals surface area contributed by atoms with Crippen molar-refractivity contribution in [1.29, 1.82) is 0 Å². The lowest BCUT2D eigenvalue weighted by Gasteiger charge is -2.05. The maximum absolute atomic E-state index is 11.7. The van der Waals surface area contributed by atoms with E-state index < -0.39 is 9.84 Å². The third-order valence-electron chi connectivity index (χ3n) is 2.98. The summed E-state index contributed by atoms with van der Waals surface area (Å²) in [5.41, 5.74) is 1.65. The SMILES string of the molecule is Cc1nc(CCCO)sc1-c1ccc(Cl)c(S(C)(=O)=O)c1. The second kappa shape index (κ2) is 6.44. The summed E-state index contributed by atoms with van der Waals surface area (Å²) in [4.78, 5) is 5.53. The molecule has 2 rings (SSSR count). The van der Waals surface area contributed by atoms with Crippen LogP contribution < -0.4 is 0 Å². The number of aromatic nitrogens is 1. The summed E-state index contributed by atoms with van der Waals surface area (Å²) < 4.78 is 23.5. The van der Waals surface area contributed by atoms with Gasteiger partial charge in [0.05, 0.1) is 25.5 Å². The highest BCUT2D eigenvalue weighted by molar-refractivity contribution is 7.90. The predicted molar refractivity (Wildman–Crippen MR) is 85.8 cm³/mol. The van der Waals surface area contributed by atoms with E-state index in [0.29, 0.717) is 12.8 Å². The van der Waals surface area contributed by atoms with Crippen LogP contribution in [0.3, 0.4) is 0 Å². The molecular weight excluding hydrogens is 330 g/mol. The molecule has 1 aromatic carbocycles. The summed E-state index contributed by atoms with van der Waals surface area (Å²) in [5.74, 6) is 0. The molecule has 7 heteroatoms. The van der Waals surface area contributed by atoms with Crippen LogP contribution in [0.25, 0.3) is 10.4 Å². The van der Waals surface area contributed by atoms with Gasteiger partial charge in [-0.2, -0.15) is 0 Å². The Bertz CT molecular complexity index is 754. The molecule has 1 aromatic heterocycles. The van der Waals surface area contributed by atoms with E-state index in [9.17, 15) is 8.42 Å². The molecule has 0 atom stereocenters. The molecule has 4 nitrogen and oxygen atoms in total. The molecule has 0 spiro atoms. The van der Waals surface area contributed by atoms with Crippen molar-refractivity contribution >= 4 is 32.8 Å². The number of halogens is 1. The summed E-state index contributed by atoms with van der Waals surface area (Å²) in [6, 6.07) is 4.99. The molecule has 0 fully saturated rings. The van der Waals surface area contributed by atoms with Crippen LogP contribution in [-0.4, -0.2) is 31.4 Å². The van der Waals surface area contributed by atoms with Crippen molar-refractivity contribution in [2.45, 2.75) is 24.7 Å². The van der Waals surface area contributed by atoms with Gasteiger partial charge in [0.1, 0.15) is 0 Å². The molecular formula is C14H16ClNO3S2. The number of rotatable bonds is 5. The number of thiazole rings is 1. The molecule has 0 radical (unpaired) electrons. The first-order valence-corrected chi connectivity index (χ1v) is 9.48. The quantitative estimate of drug-likeness (QED) is 0.904. The number of sulfone groups is 1. The van der Waals surface area contributed by atoms with Crippen LogP contribution >= 0.6 is 22.9 Å². The normalized spacial score (nSPS) is 11.8. The van der Waals surface area contributed by atoms with Crippen molar-refractivity contribution in [3.8, 4) is 10.4 Å². The van der Waals surface area contributed by atoms with Gasteiger partial charge in [-0.15, -0.1) is 11.3 Å². The Morgan fingerprint density at radius 1 is 1.38 bits per heavy atom. The first kappa shape index (κ1) is 16.4. The Kier molecular flexibility index (Phi) is 5.03. The summed E-state index contributed by atoms with van der Waals surface area (Å²) in [6.07, 6.45) is 2.53. The Morgan fingerprint density at radius 3 is 2.71 bits per heavy atom. The first-order valence-electron chi connectivity index (χ1n) is 6.40. The minimum Gasteiger partial charge on any atom is -0.396 e. The third-order valence-corrected chi connectivity index (χ3v) is 5.83. The van der Waals surface area contributed by atoms with Crippen LogP contribution in [0.2, 0.25) is 5.02 Å². The topological polar surface area (TPSA) is 67.3 Å². The maximum atomic E-state index is 11.7. The number of aryl methyl sites for hydroxylation is 2. The zero-order valence-electron chi connectivity index (χ0n) is 11.8. The van der Waals surface area contributed by atoms with Crippen molar-refractivity contribution in [1.82, 2.24) is 4.98 Å². The van der Waals surface area contributed by atoms with Gasteiger partial charge in [-0.05, 0) is 31.0 Å². The Hall–Kier alpha value is -0.950. The zero-order valence-corrected chi connectivity index (χ0v) is 14.1. The van der Waals surface area contributed by atoms with Crippen molar-refractivity contribution < 1.29 is 13.5 Å². The zero-order chi connectivity index (χ0) is 15.6. The van der Waals surface area contributed by atoms with Crippen LogP contribution in [0.4, 0.5) is 0 Å². The minimum atomic E-state index is -3.36. The van der Waals surface area contributed by atoms with Gasteiger partial charge >= 0.3 is 0 Å². The largest absolute Gasteiger partial charge is 0.396 e. The average Bonchev–Trinajstić information content (AvgIpc) is 2.77. The molecule has 1 N–H and O–H groups in total. The van der Waals surface area contributed by atoms with Gasteiger partial charge in [0.2, 0.25) is 0 Å². The molecule has 114 valence electrons. The highest BCUT2D eigenvalue weighted by Crippen LogP contribution is 2.34. The Labute approximate surface area is 133 Å². The Balaban J connectivity index is 2.45. The standard InChI is InChI=1S/C14H16ClNO3S2/c1-9-14(20-13(16-9)4-3-7-17)10-5-6-11(15)12(8-10)21(2,18)19/h5-6,8,17H,3-4,7H2,1-2H3. The number of nitrogens with zero attached hydrogens (tertiary/aromatic N) is 1. The van der Waals surface area contributed by atoms with Gasteiger partial charge in [0.15, 0.2) is 9.84 Å². The van der Waals surface area contributed by atoms with Gasteiger partial charge in [-0.25, -0.2) is 13.4 Å². The van der Waals surface area contributed by atoms with Crippen LogP contribution in [0.1, 0.15) is 17.1 Å². The molecule has 0 aliphatic carbocycles. The summed E-state index contributed by atoms with van der Waals surface area (Å²) in [5, 5.41) is 10.0. The van der Waals surface area contributed by atoms with Crippen LogP contribution in [-0.2, 0) is 16.3 Å². The van der Waals surface area contributed by atoms with E-state index in [-0.39, 0.29) is 16.5 Å². The molecule has 1 heterocycles. The first-order chi connectivity index (χ1) is 9.82. The van der Waals surface area contributed by atoms with E-state index in [2.05, 4.69) is 4.98 Å². The predicted octanol–water partition coefficient (Wildman–Crippen LogP) is 3.10. The highest BCUT2D eigenvalue weighted by atomic mass is 35.5. The van der Waals surface area contributed by atoms with Crippen molar-refractivity contribution in [3.63, 3.8) is 0 Å². The number of hydrogen-bond acceptors (Lipinski definition) is 5. The summed E-state index contributed by atoms with van der Waals surface area (Å²) >= 11 is 7.48. The third kappa shape index (κ3) is 3.83. The van der Waals surface area contributed by atoms with E-state index >= 15 is 0 Å². The highest BCUT2D eigenvalue weighted by Gasteiger charge is 2.16. The molecule has 0 aliphatic rings. The van der Waals surface area contributed by atoms with Crippen LogP contribution in [0.5, 0.6) is 0 Å². The van der Waals surface area contributed by atoms with Crippen molar-refractivity contribution in [2.24, 2.45) is 0 Å². The number of hydrogen-bond donors (Lipinski definition) is 1. The van der Waals surface area contributed by atoms with Gasteiger partial charge in [-0.1, -0.05) is 17.7 Å². The molecule has 0 saturated heterocycles. The lowest BCUT2D eigenvalue weighted by Crippen LogP contribution is -1.98. The molecule has 0 bridgehead atoms. The van der Waals surface area contributed by atoms with Gasteiger partial charge < -0.3 is 5.11 Å². The fourth-order valence-corrected chi connectivity index (χ4v) is 4.39. The fraction of sp³-hybridized carbons (Fsp3) is 0.357. The Morgan fingerprint density at radius 2 is 2.10 bits per heavy atom. The van der Waals surface area contributed by atoms with Gasteiger partial charge in [0, 0.05) is 19.3 Å². The van der Waals surface area contributed by atoms with Crippen molar-refractivity contribution in [2.75, 3.05) is 12.9 Å². The van der Waals surface area contributed by atoms with E-state index in [1.165, 1.54) is 11.3 Å². The molecule has 21 heavy (non-hydrogen) atoms. The van der Waals surface area contributed by atoms with E-state index in [1.807, 2.05) is 6.92 Å². The molecule has 0 amide bonds. The second-order valence-electron chi connectivity index (χ2n) is 4.77. The van der Waals surface area contributed by atoms with Gasteiger partial charge in [-0.3, -0.25) is 0 Å². The number of benzene rings is 1.